The molecule has 0 saturated heterocycles. The summed E-state index contributed by atoms with van der Waals surface area (Å²) in [5.74, 6) is 0.466. The van der Waals surface area contributed by atoms with E-state index in [-0.39, 0.29) is 22.3 Å². The van der Waals surface area contributed by atoms with Crippen LogP contribution < -0.4 is 14.8 Å². The lowest BCUT2D eigenvalue weighted by molar-refractivity contribution is 0.414. The number of hydrogen-bond acceptors (Lipinski definition) is 4. The molecule has 20 heavy (non-hydrogen) atoms. The Kier molecular flexibility index (Phi) is 8.46. The zero-order valence-corrected chi connectivity index (χ0v) is 14.1. The Balaban J connectivity index is 0.00000361. The summed E-state index contributed by atoms with van der Waals surface area (Å²) in [6.07, 6.45) is 0.721. The van der Waals surface area contributed by atoms with Crippen LogP contribution in [0.1, 0.15) is 12.0 Å². The van der Waals surface area contributed by atoms with Gasteiger partial charge in [0.05, 0.1) is 17.0 Å². The maximum Gasteiger partial charge on any atom is 0.240 e. The van der Waals surface area contributed by atoms with Gasteiger partial charge in [0.25, 0.3) is 0 Å². The summed E-state index contributed by atoms with van der Waals surface area (Å²) in [7, 11) is -0.224. The Bertz CT molecular complexity index is 536. The van der Waals surface area contributed by atoms with Crippen LogP contribution in [0.5, 0.6) is 5.75 Å². The number of ether oxygens (including phenoxy) is 1. The number of rotatable bonds is 7. The maximum atomic E-state index is 12.1. The van der Waals surface area contributed by atoms with Gasteiger partial charge < -0.3 is 10.1 Å². The minimum atomic E-state index is -3.54. The van der Waals surface area contributed by atoms with Crippen molar-refractivity contribution in [3.05, 3.63) is 22.7 Å². The Morgan fingerprint density at radius 1 is 1.30 bits per heavy atom. The molecule has 8 heteroatoms. The molecule has 0 atom stereocenters. The first kappa shape index (κ1) is 19.5. The first-order chi connectivity index (χ1) is 8.92. The lowest BCUT2D eigenvalue weighted by Gasteiger charge is -2.12. The van der Waals surface area contributed by atoms with Crippen molar-refractivity contribution >= 4 is 34.0 Å². The van der Waals surface area contributed by atoms with Gasteiger partial charge in [0.1, 0.15) is 5.75 Å². The highest BCUT2D eigenvalue weighted by Crippen LogP contribution is 2.29. The fraction of sp³-hybridized carbons (Fsp3) is 0.500. The summed E-state index contributed by atoms with van der Waals surface area (Å²) < 4.78 is 31.9. The van der Waals surface area contributed by atoms with E-state index in [4.69, 9.17) is 16.3 Å². The van der Waals surface area contributed by atoms with E-state index >= 15 is 0 Å². The standard InChI is InChI=1S/C12H19ClN2O3S.ClH/c1-9-7-11(18-3)10(13)8-12(9)19(16,17)15-6-4-5-14-2;/h7-8,14-15H,4-6H2,1-3H3;1H. The molecule has 0 unspecified atom stereocenters. The molecule has 0 aliphatic heterocycles. The van der Waals surface area contributed by atoms with E-state index in [1.54, 1.807) is 13.0 Å². The van der Waals surface area contributed by atoms with Gasteiger partial charge in [0.2, 0.25) is 10.0 Å². The molecule has 1 rings (SSSR count). The molecule has 5 nitrogen and oxygen atoms in total. The van der Waals surface area contributed by atoms with Crippen LogP contribution in [0.4, 0.5) is 0 Å². The molecule has 0 fully saturated rings. The van der Waals surface area contributed by atoms with Crippen molar-refractivity contribution in [1.29, 1.82) is 0 Å². The fourth-order valence-corrected chi connectivity index (χ4v) is 3.26. The van der Waals surface area contributed by atoms with E-state index < -0.39 is 10.0 Å². The summed E-state index contributed by atoms with van der Waals surface area (Å²) >= 11 is 5.96. The molecule has 0 spiro atoms. The average molecular weight is 343 g/mol. The highest BCUT2D eigenvalue weighted by molar-refractivity contribution is 7.89. The second kappa shape index (κ2) is 8.69. The van der Waals surface area contributed by atoms with Crippen LogP contribution in [0.3, 0.4) is 0 Å². The molecule has 0 aliphatic rings. The van der Waals surface area contributed by atoms with E-state index in [2.05, 4.69) is 10.0 Å². The first-order valence-corrected chi connectivity index (χ1v) is 7.77. The number of nitrogens with one attached hydrogen (secondary N) is 2. The molecule has 2 N–H and O–H groups in total. The van der Waals surface area contributed by atoms with E-state index in [0.29, 0.717) is 17.9 Å². The van der Waals surface area contributed by atoms with Gasteiger partial charge in [-0.1, -0.05) is 11.6 Å². The highest BCUT2D eigenvalue weighted by atomic mass is 35.5. The van der Waals surface area contributed by atoms with Gasteiger partial charge in [0.15, 0.2) is 0 Å². The number of sulfonamides is 1. The number of benzene rings is 1. The Morgan fingerprint density at radius 3 is 2.50 bits per heavy atom. The normalized spacial score (nSPS) is 11.0. The molecule has 116 valence electrons. The van der Waals surface area contributed by atoms with E-state index in [0.717, 1.165) is 13.0 Å². The second-order valence-corrected chi connectivity index (χ2v) is 6.25. The molecule has 1 aromatic rings. The lowest BCUT2D eigenvalue weighted by atomic mass is 10.2. The summed E-state index contributed by atoms with van der Waals surface area (Å²) in [4.78, 5) is 0.183. The Morgan fingerprint density at radius 2 is 1.95 bits per heavy atom. The van der Waals surface area contributed by atoms with Crippen molar-refractivity contribution in [3.63, 3.8) is 0 Å². The zero-order valence-electron chi connectivity index (χ0n) is 11.7. The number of hydrogen-bond donors (Lipinski definition) is 2. The van der Waals surface area contributed by atoms with E-state index in [9.17, 15) is 8.42 Å². The van der Waals surface area contributed by atoms with Crippen molar-refractivity contribution in [2.45, 2.75) is 18.2 Å². The molecule has 0 aromatic heterocycles. The van der Waals surface area contributed by atoms with Gasteiger partial charge in [-0.2, -0.15) is 0 Å². The minimum absolute atomic E-state index is 0. The molecular weight excluding hydrogens is 323 g/mol. The summed E-state index contributed by atoms with van der Waals surface area (Å²) in [6.45, 7) is 2.85. The SMILES string of the molecule is CNCCCNS(=O)(=O)c1cc(Cl)c(OC)cc1C.Cl. The highest BCUT2D eigenvalue weighted by Gasteiger charge is 2.18. The quantitative estimate of drug-likeness (QED) is 0.743. The Hall–Kier alpha value is -0.530. The van der Waals surface area contributed by atoms with Crippen molar-refractivity contribution in [2.75, 3.05) is 27.2 Å². The van der Waals surface area contributed by atoms with Crippen LogP contribution >= 0.6 is 24.0 Å². The molecule has 0 saturated carbocycles. The smallest absolute Gasteiger partial charge is 0.240 e. The van der Waals surface area contributed by atoms with Crippen molar-refractivity contribution in [1.82, 2.24) is 10.0 Å². The van der Waals surface area contributed by atoms with Crippen LogP contribution in [0.2, 0.25) is 5.02 Å². The molecule has 0 aliphatic carbocycles. The molecule has 0 radical (unpaired) electrons. The second-order valence-electron chi connectivity index (χ2n) is 4.11. The summed E-state index contributed by atoms with van der Waals surface area (Å²) in [5.41, 5.74) is 0.599. The third-order valence-corrected chi connectivity index (χ3v) is 4.53. The van der Waals surface area contributed by atoms with Gasteiger partial charge in [-0.05, 0) is 44.6 Å². The topological polar surface area (TPSA) is 67.4 Å². The van der Waals surface area contributed by atoms with Crippen LogP contribution in [0.25, 0.3) is 0 Å². The molecule has 1 aromatic carbocycles. The van der Waals surface area contributed by atoms with Gasteiger partial charge in [-0.3, -0.25) is 0 Å². The van der Waals surface area contributed by atoms with Gasteiger partial charge in [-0.25, -0.2) is 13.1 Å². The number of methoxy groups -OCH3 is 1. The van der Waals surface area contributed by atoms with Gasteiger partial charge in [-0.15, -0.1) is 12.4 Å². The minimum Gasteiger partial charge on any atom is -0.495 e. The number of aryl methyl sites for hydroxylation is 1. The van der Waals surface area contributed by atoms with Crippen molar-refractivity contribution < 1.29 is 13.2 Å². The summed E-state index contributed by atoms with van der Waals surface area (Å²) in [5, 5.41) is 3.24. The maximum absolute atomic E-state index is 12.1. The molecular formula is C12H20Cl2N2O3S. The van der Waals surface area contributed by atoms with Crippen LogP contribution in [-0.2, 0) is 10.0 Å². The van der Waals surface area contributed by atoms with Gasteiger partial charge in [0, 0.05) is 6.54 Å². The molecule has 0 heterocycles. The monoisotopic (exact) mass is 342 g/mol. The van der Waals surface area contributed by atoms with Gasteiger partial charge >= 0.3 is 0 Å². The summed E-state index contributed by atoms with van der Waals surface area (Å²) in [6, 6.07) is 3.03. The predicted molar refractivity (Wildman–Crippen MR) is 83.7 cm³/mol. The van der Waals surface area contributed by atoms with E-state index in [1.807, 2.05) is 7.05 Å². The first-order valence-electron chi connectivity index (χ1n) is 5.90. The van der Waals surface area contributed by atoms with Crippen LogP contribution in [0, 0.1) is 6.92 Å². The third kappa shape index (κ3) is 5.10. The van der Waals surface area contributed by atoms with Crippen LogP contribution in [-0.4, -0.2) is 35.7 Å². The third-order valence-electron chi connectivity index (χ3n) is 2.63. The van der Waals surface area contributed by atoms with Crippen molar-refractivity contribution in [2.24, 2.45) is 0 Å². The average Bonchev–Trinajstić information content (AvgIpc) is 2.36. The largest absolute Gasteiger partial charge is 0.495 e. The lowest BCUT2D eigenvalue weighted by Crippen LogP contribution is -2.27. The van der Waals surface area contributed by atoms with Crippen molar-refractivity contribution in [3.8, 4) is 5.75 Å². The van der Waals surface area contributed by atoms with E-state index in [1.165, 1.54) is 13.2 Å². The predicted octanol–water partition coefficient (Wildman–Crippen LogP) is 1.97. The zero-order chi connectivity index (χ0) is 14.5. The Labute approximate surface area is 131 Å². The molecule has 0 bridgehead atoms. The molecule has 0 amide bonds. The number of halogens is 2. The fourth-order valence-electron chi connectivity index (χ4n) is 1.63. The van der Waals surface area contributed by atoms with Crippen LogP contribution in [0.15, 0.2) is 17.0 Å².